The Bertz CT molecular complexity index is 566. The van der Waals surface area contributed by atoms with Gasteiger partial charge in [0.2, 0.25) is 0 Å². The minimum Gasteiger partial charge on any atom is -0.384 e. The van der Waals surface area contributed by atoms with Gasteiger partial charge in [-0.15, -0.1) is 0 Å². The minimum atomic E-state index is -0.212. The summed E-state index contributed by atoms with van der Waals surface area (Å²) in [7, 11) is 0. The number of halogens is 1. The van der Waals surface area contributed by atoms with Crippen LogP contribution in [0.3, 0.4) is 0 Å². The van der Waals surface area contributed by atoms with Gasteiger partial charge < -0.3 is 10.6 Å². The Labute approximate surface area is 106 Å². The van der Waals surface area contributed by atoms with Crippen LogP contribution in [0.1, 0.15) is 11.1 Å². The molecule has 18 heavy (non-hydrogen) atoms. The summed E-state index contributed by atoms with van der Waals surface area (Å²) in [6.45, 7) is 1.71. The van der Waals surface area contributed by atoms with E-state index in [1.165, 1.54) is 28.9 Å². The molecule has 1 heterocycles. The number of nitrogens with one attached hydrogen (secondary N) is 2. The maximum absolute atomic E-state index is 13.1. The van der Waals surface area contributed by atoms with E-state index in [0.29, 0.717) is 6.54 Å². The number of hydrogen-bond donors (Lipinski definition) is 2. The highest BCUT2D eigenvalue weighted by Gasteiger charge is 2.12. The summed E-state index contributed by atoms with van der Waals surface area (Å²) in [5.41, 5.74) is 4.65. The van der Waals surface area contributed by atoms with Gasteiger partial charge in [-0.2, -0.15) is 0 Å². The Kier molecular flexibility index (Phi) is 2.89. The normalized spacial score (nSPS) is 12.9. The molecular formula is C15H15FN2. The van der Waals surface area contributed by atoms with Crippen LogP contribution in [0.5, 0.6) is 0 Å². The molecule has 0 radical (unpaired) electrons. The highest BCUT2D eigenvalue weighted by atomic mass is 19.1. The first kappa shape index (κ1) is 11.1. The zero-order valence-corrected chi connectivity index (χ0v) is 10.0. The molecule has 0 saturated heterocycles. The molecule has 0 unspecified atom stereocenters. The van der Waals surface area contributed by atoms with Crippen molar-refractivity contribution in [3.8, 4) is 0 Å². The second-order valence-corrected chi connectivity index (χ2v) is 4.49. The second-order valence-electron chi connectivity index (χ2n) is 4.49. The molecule has 0 bridgehead atoms. The first-order valence-electron chi connectivity index (χ1n) is 6.17. The largest absolute Gasteiger partial charge is 0.384 e. The van der Waals surface area contributed by atoms with Crippen LogP contribution < -0.4 is 10.6 Å². The predicted molar refractivity (Wildman–Crippen MR) is 72.4 cm³/mol. The van der Waals surface area contributed by atoms with E-state index >= 15 is 0 Å². The zero-order chi connectivity index (χ0) is 12.4. The van der Waals surface area contributed by atoms with Crippen LogP contribution in [-0.2, 0) is 13.0 Å². The van der Waals surface area contributed by atoms with E-state index in [2.05, 4.69) is 28.8 Å². The highest BCUT2D eigenvalue weighted by molar-refractivity contribution is 5.62. The quantitative estimate of drug-likeness (QED) is 0.862. The lowest BCUT2D eigenvalue weighted by atomic mass is 10.1. The molecular weight excluding hydrogens is 227 g/mol. The van der Waals surface area contributed by atoms with Crippen LogP contribution in [0.15, 0.2) is 42.5 Å². The molecule has 1 aliphatic heterocycles. The second kappa shape index (κ2) is 4.69. The van der Waals surface area contributed by atoms with E-state index in [-0.39, 0.29) is 5.82 Å². The Morgan fingerprint density at radius 3 is 2.94 bits per heavy atom. The van der Waals surface area contributed by atoms with E-state index < -0.39 is 0 Å². The number of anilines is 2. The number of fused-ring (bicyclic) bond motifs is 1. The molecule has 2 aromatic carbocycles. The van der Waals surface area contributed by atoms with Gasteiger partial charge in [0.25, 0.3) is 0 Å². The minimum absolute atomic E-state index is 0.212. The summed E-state index contributed by atoms with van der Waals surface area (Å²) in [4.78, 5) is 0. The Morgan fingerprint density at radius 1 is 1.17 bits per heavy atom. The zero-order valence-electron chi connectivity index (χ0n) is 10.0. The van der Waals surface area contributed by atoms with Gasteiger partial charge in [-0.25, -0.2) is 4.39 Å². The van der Waals surface area contributed by atoms with Crippen LogP contribution >= 0.6 is 0 Å². The van der Waals surface area contributed by atoms with Crippen molar-refractivity contribution < 1.29 is 4.39 Å². The Hall–Kier alpha value is -2.03. The fourth-order valence-corrected chi connectivity index (χ4v) is 2.35. The maximum atomic E-state index is 13.1. The van der Waals surface area contributed by atoms with Crippen molar-refractivity contribution in [2.45, 2.75) is 13.0 Å². The van der Waals surface area contributed by atoms with Gasteiger partial charge in [-0.05, 0) is 35.7 Å². The van der Waals surface area contributed by atoms with Crippen LogP contribution in [0.2, 0.25) is 0 Å². The number of hydrogen-bond acceptors (Lipinski definition) is 2. The van der Waals surface area contributed by atoms with Crippen molar-refractivity contribution in [2.24, 2.45) is 0 Å². The van der Waals surface area contributed by atoms with Gasteiger partial charge in [0, 0.05) is 24.5 Å². The highest BCUT2D eigenvalue weighted by Crippen LogP contribution is 2.27. The summed E-state index contributed by atoms with van der Waals surface area (Å²) < 4.78 is 13.1. The van der Waals surface area contributed by atoms with Gasteiger partial charge in [0.05, 0.1) is 0 Å². The molecule has 0 fully saturated rings. The maximum Gasteiger partial charge on any atom is 0.125 e. The monoisotopic (exact) mass is 242 g/mol. The van der Waals surface area contributed by atoms with E-state index in [9.17, 15) is 4.39 Å². The molecule has 0 atom stereocenters. The molecule has 0 saturated carbocycles. The third-order valence-electron chi connectivity index (χ3n) is 3.24. The average molecular weight is 242 g/mol. The fourth-order valence-electron chi connectivity index (χ4n) is 2.35. The molecule has 2 nitrogen and oxygen atoms in total. The molecule has 2 N–H and O–H groups in total. The first-order valence-corrected chi connectivity index (χ1v) is 6.17. The van der Waals surface area contributed by atoms with Crippen LogP contribution in [0, 0.1) is 5.82 Å². The summed E-state index contributed by atoms with van der Waals surface area (Å²) in [5.74, 6) is -0.212. The molecule has 92 valence electrons. The lowest BCUT2D eigenvalue weighted by molar-refractivity contribution is 0.628. The molecule has 0 spiro atoms. The van der Waals surface area contributed by atoms with E-state index in [1.54, 1.807) is 6.07 Å². The van der Waals surface area contributed by atoms with E-state index in [0.717, 1.165) is 18.7 Å². The van der Waals surface area contributed by atoms with Crippen molar-refractivity contribution in [3.05, 3.63) is 59.4 Å². The molecule has 0 aromatic heterocycles. The van der Waals surface area contributed by atoms with Gasteiger partial charge in [-0.1, -0.05) is 24.3 Å². The van der Waals surface area contributed by atoms with E-state index in [1.807, 2.05) is 6.07 Å². The van der Waals surface area contributed by atoms with E-state index in [4.69, 9.17) is 0 Å². The first-order chi connectivity index (χ1) is 8.83. The van der Waals surface area contributed by atoms with Crippen LogP contribution in [0.25, 0.3) is 0 Å². The number of rotatable bonds is 3. The van der Waals surface area contributed by atoms with Gasteiger partial charge in [-0.3, -0.25) is 0 Å². The van der Waals surface area contributed by atoms with Crippen LogP contribution in [-0.4, -0.2) is 6.54 Å². The lowest BCUT2D eigenvalue weighted by Gasteiger charge is -2.11. The summed E-state index contributed by atoms with van der Waals surface area (Å²) in [6.07, 6.45) is 1.09. The topological polar surface area (TPSA) is 24.1 Å². The Morgan fingerprint density at radius 2 is 2.06 bits per heavy atom. The molecule has 3 rings (SSSR count). The van der Waals surface area contributed by atoms with Gasteiger partial charge in [0.15, 0.2) is 0 Å². The number of benzene rings is 2. The summed E-state index contributed by atoms with van der Waals surface area (Å²) in [5, 5.41) is 6.65. The van der Waals surface area contributed by atoms with Crippen molar-refractivity contribution in [3.63, 3.8) is 0 Å². The third kappa shape index (κ3) is 2.16. The molecule has 0 aliphatic carbocycles. The average Bonchev–Trinajstić information content (AvgIpc) is 2.85. The van der Waals surface area contributed by atoms with Gasteiger partial charge >= 0.3 is 0 Å². The van der Waals surface area contributed by atoms with Crippen molar-refractivity contribution in [1.82, 2.24) is 0 Å². The SMILES string of the molecule is Fc1cccc(NCc2cccc3c2NCC3)c1. The molecule has 0 amide bonds. The third-order valence-corrected chi connectivity index (χ3v) is 3.24. The van der Waals surface area contributed by atoms with Crippen molar-refractivity contribution in [1.29, 1.82) is 0 Å². The number of para-hydroxylation sites is 1. The standard InChI is InChI=1S/C15H15FN2/c16-13-5-2-6-14(9-13)18-10-12-4-1-3-11-7-8-17-15(11)12/h1-6,9,17-18H,7-8,10H2. The molecule has 2 aromatic rings. The Balaban J connectivity index is 1.76. The summed E-state index contributed by atoms with van der Waals surface area (Å²) in [6, 6.07) is 12.9. The lowest BCUT2D eigenvalue weighted by Crippen LogP contribution is -2.03. The summed E-state index contributed by atoms with van der Waals surface area (Å²) >= 11 is 0. The molecule has 1 aliphatic rings. The van der Waals surface area contributed by atoms with Gasteiger partial charge in [0.1, 0.15) is 5.82 Å². The molecule has 3 heteroatoms. The van der Waals surface area contributed by atoms with Crippen LogP contribution in [0.4, 0.5) is 15.8 Å². The predicted octanol–water partition coefficient (Wildman–Crippen LogP) is 3.41. The van der Waals surface area contributed by atoms with Crippen molar-refractivity contribution >= 4 is 11.4 Å². The van der Waals surface area contributed by atoms with Crippen molar-refractivity contribution in [2.75, 3.05) is 17.2 Å². The smallest absolute Gasteiger partial charge is 0.125 e. The fraction of sp³-hybridized carbons (Fsp3) is 0.200.